The third-order valence-corrected chi connectivity index (χ3v) is 15.1. The highest BCUT2D eigenvalue weighted by atomic mass is 32.2. The van der Waals surface area contributed by atoms with Crippen molar-refractivity contribution in [2.24, 2.45) is 0 Å². The zero-order valence-electron chi connectivity index (χ0n) is 38.8. The highest BCUT2D eigenvalue weighted by Crippen LogP contribution is 2.38. The molecule has 2 aromatic carbocycles. The summed E-state index contributed by atoms with van der Waals surface area (Å²) in [5.41, 5.74) is 1.28. The zero-order valence-corrected chi connectivity index (χ0v) is 40.4. The van der Waals surface area contributed by atoms with Gasteiger partial charge >= 0.3 is 0 Å². The van der Waals surface area contributed by atoms with Crippen LogP contribution >= 0.6 is 0 Å². The van der Waals surface area contributed by atoms with E-state index in [1.54, 1.807) is 77.9 Å². The summed E-state index contributed by atoms with van der Waals surface area (Å²) in [4.78, 5) is 34.9. The maximum absolute atomic E-state index is 14.7. The summed E-state index contributed by atoms with van der Waals surface area (Å²) >= 11 is 0. The van der Waals surface area contributed by atoms with Crippen LogP contribution in [0.15, 0.2) is 70.5 Å². The molecule has 26 heteroatoms. The Kier molecular flexibility index (Phi) is 14.6. The number of rotatable bonds is 14. The molecular formula is C43H51FN14O9S2. The van der Waals surface area contributed by atoms with Crippen molar-refractivity contribution in [1.82, 2.24) is 59.0 Å². The topological polar surface area (TPSA) is 296 Å². The quantitative estimate of drug-likeness (QED) is 0.121. The van der Waals surface area contributed by atoms with Gasteiger partial charge < -0.3 is 25.6 Å². The standard InChI is InChI=1S/C23H29N7O5S.C20H22FN7O4S/c1-13(2)29-11-16-9-19(35-14(3)4)17(10-20(16)36(29,33)34)23(32)25-21-8-6-7-18(24-21)22-26-27-28-30(22)15(5)12-31;1-11(2)27-9-13-7-15(21)14(8-17(13)33(27,31)32)20(30)23-18-6-4-5-16(22-18)19-24-25-26-28(19)12(3)10-29/h6-10,13-15,31H,11-12H2,1-5H3,(H,24,25,32);4-8,11-12,29H,9-10H2,1-3H3,(H,22,23,30)/t15-;12-/m11/s1. The van der Waals surface area contributed by atoms with E-state index in [0.29, 0.717) is 34.1 Å². The smallest absolute Gasteiger partial charge is 0.260 e. The number of anilines is 2. The van der Waals surface area contributed by atoms with Crippen molar-refractivity contribution >= 4 is 43.5 Å². The number of hydrogen-bond acceptors (Lipinski definition) is 17. The van der Waals surface area contributed by atoms with Crippen LogP contribution in [0.3, 0.4) is 0 Å². The van der Waals surface area contributed by atoms with E-state index in [4.69, 9.17) is 4.74 Å². The van der Waals surface area contributed by atoms with E-state index in [1.165, 1.54) is 30.1 Å². The van der Waals surface area contributed by atoms with Crippen molar-refractivity contribution in [3.8, 4) is 28.8 Å². The summed E-state index contributed by atoms with van der Waals surface area (Å²) in [5.74, 6) is -1.05. The first-order valence-corrected chi connectivity index (χ1v) is 24.6. The Morgan fingerprint density at radius 2 is 1.10 bits per heavy atom. The number of amides is 2. The third kappa shape index (κ3) is 10.2. The van der Waals surface area contributed by atoms with Gasteiger partial charge in [-0.3, -0.25) is 9.59 Å². The molecule has 2 aliphatic rings. The number of tetrazole rings is 2. The van der Waals surface area contributed by atoms with Crippen LogP contribution in [0.2, 0.25) is 0 Å². The van der Waals surface area contributed by atoms with Crippen molar-refractivity contribution in [1.29, 1.82) is 0 Å². The number of ether oxygens (including phenoxy) is 1. The molecule has 366 valence electrons. The Balaban J connectivity index is 0.000000205. The van der Waals surface area contributed by atoms with E-state index in [0.717, 1.165) is 12.1 Å². The molecule has 0 aliphatic carbocycles. The van der Waals surface area contributed by atoms with Crippen LogP contribution in [0, 0.1) is 5.82 Å². The van der Waals surface area contributed by atoms with Gasteiger partial charge in [-0.2, -0.15) is 8.61 Å². The van der Waals surface area contributed by atoms with E-state index in [1.807, 2.05) is 13.8 Å². The minimum atomic E-state index is -3.82. The van der Waals surface area contributed by atoms with Gasteiger partial charge in [-0.1, -0.05) is 12.1 Å². The van der Waals surface area contributed by atoms with Crippen LogP contribution in [0.4, 0.5) is 16.0 Å². The van der Waals surface area contributed by atoms with E-state index < -0.39 is 49.3 Å². The van der Waals surface area contributed by atoms with Gasteiger partial charge in [0.2, 0.25) is 31.7 Å². The predicted octanol–water partition coefficient (Wildman–Crippen LogP) is 3.83. The molecule has 0 unspecified atom stereocenters. The number of nitrogens with zero attached hydrogens (tertiary/aromatic N) is 12. The molecule has 2 atom stereocenters. The fraction of sp³-hybridized carbons (Fsp3) is 0.395. The highest BCUT2D eigenvalue weighted by molar-refractivity contribution is 7.89. The fourth-order valence-corrected chi connectivity index (χ4v) is 11.1. The summed E-state index contributed by atoms with van der Waals surface area (Å²) < 4.78 is 77.8. The molecule has 0 saturated carbocycles. The number of nitrogens with one attached hydrogen (secondary N) is 2. The lowest BCUT2D eigenvalue weighted by Gasteiger charge is -2.18. The molecule has 6 heterocycles. The number of aromatic nitrogens is 10. The average molecular weight is 991 g/mol. The SMILES string of the molecule is CC(C)N1Cc2cc(F)c(C(=O)Nc3cccc(-c4nnnn4[C@H](C)CO)n3)cc2S1(=O)=O.CC(C)Oc1cc2c(cc1C(=O)Nc1cccc(-c3nnnn3[C@H](C)CO)n1)S(=O)(=O)N(C(C)C)C2. The molecule has 0 radical (unpaired) electrons. The van der Waals surface area contributed by atoms with Gasteiger partial charge in [0.25, 0.3) is 11.8 Å². The minimum Gasteiger partial charge on any atom is -0.490 e. The van der Waals surface area contributed by atoms with E-state index in [-0.39, 0.29) is 83.3 Å². The lowest BCUT2D eigenvalue weighted by molar-refractivity contribution is 0.101. The van der Waals surface area contributed by atoms with Crippen molar-refractivity contribution < 1.29 is 45.8 Å². The number of pyridine rings is 2. The Labute approximate surface area is 396 Å². The van der Waals surface area contributed by atoms with E-state index in [9.17, 15) is 41.0 Å². The molecule has 0 spiro atoms. The van der Waals surface area contributed by atoms with Crippen LogP contribution in [-0.2, 0) is 33.1 Å². The fourth-order valence-electron chi connectivity index (χ4n) is 7.40. The normalized spacial score (nSPS) is 15.9. The van der Waals surface area contributed by atoms with E-state index in [2.05, 4.69) is 51.7 Å². The van der Waals surface area contributed by atoms with Crippen molar-refractivity contribution in [3.05, 3.63) is 88.7 Å². The number of benzene rings is 2. The molecule has 23 nitrogen and oxygen atoms in total. The van der Waals surface area contributed by atoms with Crippen molar-refractivity contribution in [2.75, 3.05) is 23.8 Å². The number of sulfonamides is 2. The molecule has 4 N–H and O–H groups in total. The third-order valence-electron chi connectivity index (χ3n) is 10.9. The largest absolute Gasteiger partial charge is 0.490 e. The van der Waals surface area contributed by atoms with Crippen molar-refractivity contribution in [2.45, 2.75) is 109 Å². The summed E-state index contributed by atoms with van der Waals surface area (Å²) in [5, 5.41) is 46.9. The first-order valence-electron chi connectivity index (χ1n) is 21.7. The first kappa shape index (κ1) is 50.2. The Hall–Kier alpha value is -6.71. The maximum atomic E-state index is 14.7. The van der Waals surface area contributed by atoms with Gasteiger partial charge in [0.05, 0.1) is 52.3 Å². The molecule has 0 saturated heterocycles. The van der Waals surface area contributed by atoms with Gasteiger partial charge in [0, 0.05) is 25.2 Å². The first-order chi connectivity index (χ1) is 32.7. The Morgan fingerprint density at radius 1 is 0.667 bits per heavy atom. The molecular weight excluding hydrogens is 940 g/mol. The predicted molar refractivity (Wildman–Crippen MR) is 246 cm³/mol. The van der Waals surface area contributed by atoms with Gasteiger partial charge in [-0.15, -0.1) is 10.2 Å². The highest BCUT2D eigenvalue weighted by Gasteiger charge is 2.39. The summed E-state index contributed by atoms with van der Waals surface area (Å²) in [6.07, 6.45) is -0.234. The number of aliphatic hydroxyl groups excluding tert-OH is 2. The average Bonchev–Trinajstić information content (AvgIpc) is 4.10. The van der Waals surface area contributed by atoms with Crippen LogP contribution in [0.25, 0.3) is 23.0 Å². The zero-order chi connectivity index (χ0) is 50.1. The number of halogens is 1. The van der Waals surface area contributed by atoms with Crippen LogP contribution in [-0.4, -0.2) is 129 Å². The summed E-state index contributed by atoms with van der Waals surface area (Å²) in [7, 11) is -7.55. The Bertz CT molecular complexity index is 3130. The number of aliphatic hydroxyl groups is 2. The number of hydrogen-bond donors (Lipinski definition) is 4. The van der Waals surface area contributed by atoms with Gasteiger partial charge in [0.1, 0.15) is 34.6 Å². The molecule has 69 heavy (non-hydrogen) atoms. The molecule has 2 amide bonds. The van der Waals surface area contributed by atoms with Gasteiger partial charge in [0.15, 0.2) is 0 Å². The number of fused-ring (bicyclic) bond motifs is 2. The summed E-state index contributed by atoms with van der Waals surface area (Å²) in [6, 6.07) is 13.5. The van der Waals surface area contributed by atoms with Crippen LogP contribution < -0.4 is 15.4 Å². The Morgan fingerprint density at radius 3 is 1.54 bits per heavy atom. The molecule has 0 fully saturated rings. The van der Waals surface area contributed by atoms with Gasteiger partial charge in [-0.25, -0.2) is 40.6 Å². The summed E-state index contributed by atoms with van der Waals surface area (Å²) in [6.45, 7) is 14.1. The monoisotopic (exact) mass is 990 g/mol. The number of carbonyl (C=O) groups excluding carboxylic acids is 2. The maximum Gasteiger partial charge on any atom is 0.260 e. The second-order valence-electron chi connectivity index (χ2n) is 17.0. The van der Waals surface area contributed by atoms with Crippen LogP contribution in [0.1, 0.15) is 99.3 Å². The molecule has 0 bridgehead atoms. The van der Waals surface area contributed by atoms with Gasteiger partial charge in [-0.05, 0) is 136 Å². The van der Waals surface area contributed by atoms with E-state index >= 15 is 0 Å². The molecule has 8 rings (SSSR count). The minimum absolute atomic E-state index is 0.0543. The lowest BCUT2D eigenvalue weighted by atomic mass is 10.1. The molecule has 2 aliphatic heterocycles. The molecule has 6 aromatic rings. The van der Waals surface area contributed by atoms with Crippen molar-refractivity contribution in [3.63, 3.8) is 0 Å². The van der Waals surface area contributed by atoms with Crippen LogP contribution in [0.5, 0.6) is 5.75 Å². The second kappa shape index (κ2) is 20.1. The second-order valence-corrected chi connectivity index (χ2v) is 20.8. The molecule has 4 aromatic heterocycles. The lowest BCUT2D eigenvalue weighted by Crippen LogP contribution is -2.31. The number of carbonyl (C=O) groups is 2.